The molecule has 7 nitrogen and oxygen atoms in total. The lowest BCUT2D eigenvalue weighted by molar-refractivity contribution is 0.332. The third-order valence-corrected chi connectivity index (χ3v) is 4.65. The Morgan fingerprint density at radius 3 is 2.74 bits per heavy atom. The zero-order valence-corrected chi connectivity index (χ0v) is 13.8. The van der Waals surface area contributed by atoms with Crippen LogP contribution in [0.3, 0.4) is 0 Å². The Kier molecular flexibility index (Phi) is 4.51. The lowest BCUT2D eigenvalue weighted by atomic mass is 9.98. The molecule has 1 aromatic carbocycles. The summed E-state index contributed by atoms with van der Waals surface area (Å²) in [7, 11) is -3.78. The maximum absolute atomic E-state index is 11.8. The first-order valence-electron chi connectivity index (χ1n) is 7.38. The monoisotopic (exact) mass is 355 g/mol. The first-order chi connectivity index (χ1) is 11.6. The third kappa shape index (κ3) is 4.29. The zero-order chi connectivity index (χ0) is 18.8. The van der Waals surface area contributed by atoms with Gasteiger partial charge < -0.3 is 11.1 Å². The lowest BCUT2D eigenvalue weighted by Crippen LogP contribution is -2.43. The van der Waals surface area contributed by atoms with E-state index in [1.165, 1.54) is 23.5 Å². The molecular weight excluding hydrogens is 336 g/mol. The van der Waals surface area contributed by atoms with Crippen molar-refractivity contribution in [2.75, 3.05) is 7.05 Å². The van der Waals surface area contributed by atoms with Gasteiger partial charge in [-0.1, -0.05) is 36.4 Å². The van der Waals surface area contributed by atoms with Gasteiger partial charge in [0.25, 0.3) is 0 Å². The van der Waals surface area contributed by atoms with Crippen LogP contribution in [0.1, 0.15) is 19.2 Å². The molecule has 0 amide bonds. The molecule has 0 bridgehead atoms. The van der Waals surface area contributed by atoms with Crippen LogP contribution in [0.5, 0.6) is 0 Å². The van der Waals surface area contributed by atoms with Gasteiger partial charge in [0, 0.05) is 11.9 Å². The van der Waals surface area contributed by atoms with E-state index in [1.807, 2.05) is 0 Å². The van der Waals surface area contributed by atoms with E-state index < -0.39 is 22.3 Å². The van der Waals surface area contributed by atoms with Gasteiger partial charge in [-0.3, -0.25) is 9.96 Å². The van der Waals surface area contributed by atoms with E-state index >= 15 is 0 Å². The maximum atomic E-state index is 11.8. The van der Waals surface area contributed by atoms with Crippen LogP contribution in [-0.2, 0) is 10.3 Å². The molecule has 123 valence electrons. The summed E-state index contributed by atoms with van der Waals surface area (Å²) < 4.78 is 50.6. The summed E-state index contributed by atoms with van der Waals surface area (Å²) in [5.74, 6) is -0.508. The van der Waals surface area contributed by atoms with Gasteiger partial charge in [0.1, 0.15) is 6.04 Å². The number of nitrogens with one attached hydrogen (secondary N) is 2. The van der Waals surface area contributed by atoms with E-state index in [0.717, 1.165) is 7.05 Å². The van der Waals surface area contributed by atoms with Crippen LogP contribution in [0, 0.1) is 11.5 Å². The molecular formula is C14H17N4O3S2. The standard InChI is InChI=1S/C14H17N4O3S2/c1-18(23(19,20)21)13(10-6-3-2-4-7-10)12(17-14(15)16)11-8-5-9-22-11/h2-9,13H,1H3,(H4,15,16,17)(H,19,20,21)/i6D,13D. The predicted octanol–water partition coefficient (Wildman–Crippen LogP) is 1.59. The highest BCUT2D eigenvalue weighted by atomic mass is 32.2. The Morgan fingerprint density at radius 1 is 1.48 bits per heavy atom. The van der Waals surface area contributed by atoms with Crippen LogP contribution in [0.15, 0.2) is 47.8 Å². The van der Waals surface area contributed by atoms with Gasteiger partial charge >= 0.3 is 10.3 Å². The summed E-state index contributed by atoms with van der Waals surface area (Å²) in [6.07, 6.45) is 0. The molecule has 1 atom stereocenters. The molecule has 2 aromatic rings. The number of nitrogens with two attached hydrogens (primary N) is 1. The number of guanidine groups is 1. The van der Waals surface area contributed by atoms with Gasteiger partial charge in [-0.05, 0) is 17.0 Å². The summed E-state index contributed by atoms with van der Waals surface area (Å²) >= 11 is 1.19. The molecule has 1 aromatic heterocycles. The van der Waals surface area contributed by atoms with Crippen molar-refractivity contribution in [1.29, 1.82) is 5.41 Å². The first kappa shape index (κ1) is 14.6. The minimum atomic E-state index is -4.80. The van der Waals surface area contributed by atoms with Crippen molar-refractivity contribution in [3.63, 3.8) is 0 Å². The van der Waals surface area contributed by atoms with Gasteiger partial charge in [-0.2, -0.15) is 12.7 Å². The maximum Gasteiger partial charge on any atom is 0.336 e. The molecule has 1 heterocycles. The van der Waals surface area contributed by atoms with Crippen molar-refractivity contribution in [3.8, 4) is 0 Å². The van der Waals surface area contributed by atoms with E-state index in [4.69, 9.17) is 13.9 Å². The second-order valence-electron chi connectivity index (χ2n) is 4.46. The number of likely N-dealkylation sites (N-methyl/N-ethyl adjacent to an activating group) is 1. The van der Waals surface area contributed by atoms with Crippen molar-refractivity contribution in [1.82, 2.24) is 9.62 Å². The van der Waals surface area contributed by atoms with Crippen LogP contribution in [0.4, 0.5) is 0 Å². The Bertz CT molecular complexity index is 861. The summed E-state index contributed by atoms with van der Waals surface area (Å²) in [4.78, 5) is 0.434. The lowest BCUT2D eigenvalue weighted by Gasteiger charge is -2.32. The highest BCUT2D eigenvalue weighted by Crippen LogP contribution is 2.35. The molecule has 2 rings (SSSR count). The molecule has 1 radical (unpaired) electrons. The van der Waals surface area contributed by atoms with Crippen molar-refractivity contribution in [2.45, 2.75) is 6.02 Å². The highest BCUT2D eigenvalue weighted by molar-refractivity contribution is 7.83. The van der Waals surface area contributed by atoms with Crippen LogP contribution in [0.2, 0.25) is 0 Å². The quantitative estimate of drug-likeness (QED) is 0.356. The average Bonchev–Trinajstić information content (AvgIpc) is 3.04. The summed E-state index contributed by atoms with van der Waals surface area (Å²) in [5.41, 5.74) is 5.41. The van der Waals surface area contributed by atoms with E-state index in [0.29, 0.717) is 9.18 Å². The van der Waals surface area contributed by atoms with E-state index in [9.17, 15) is 13.0 Å². The first-order valence-corrected chi connectivity index (χ1v) is 8.66. The molecule has 5 N–H and O–H groups in total. The van der Waals surface area contributed by atoms with Crippen LogP contribution in [-0.4, -0.2) is 30.3 Å². The summed E-state index contributed by atoms with van der Waals surface area (Å²) in [6.45, 7) is 0. The van der Waals surface area contributed by atoms with Crippen LogP contribution < -0.4 is 11.1 Å². The van der Waals surface area contributed by atoms with Crippen LogP contribution in [0.25, 0.3) is 0 Å². The Morgan fingerprint density at radius 2 is 2.22 bits per heavy atom. The van der Waals surface area contributed by atoms with Gasteiger partial charge in [0.2, 0.25) is 0 Å². The number of hydrogen-bond acceptors (Lipinski definition) is 4. The Hall–Kier alpha value is -1.94. The Labute approximate surface area is 141 Å². The van der Waals surface area contributed by atoms with Crippen molar-refractivity contribution >= 4 is 27.6 Å². The largest absolute Gasteiger partial charge is 0.370 e. The molecule has 0 aliphatic rings. The van der Waals surface area contributed by atoms with E-state index in [2.05, 4.69) is 5.32 Å². The molecule has 0 fully saturated rings. The normalized spacial score (nSPS) is 15.8. The topological polar surface area (TPSA) is 120 Å². The number of thiophene rings is 1. The van der Waals surface area contributed by atoms with Crippen molar-refractivity contribution in [3.05, 3.63) is 64.3 Å². The molecule has 0 saturated heterocycles. The minimum absolute atomic E-state index is 0.00715. The minimum Gasteiger partial charge on any atom is -0.370 e. The fourth-order valence-electron chi connectivity index (χ4n) is 1.91. The molecule has 0 aliphatic carbocycles. The van der Waals surface area contributed by atoms with Gasteiger partial charge in [-0.25, -0.2) is 0 Å². The van der Waals surface area contributed by atoms with Gasteiger partial charge in [-0.15, -0.1) is 11.3 Å². The van der Waals surface area contributed by atoms with Crippen LogP contribution >= 0.6 is 11.3 Å². The fourth-order valence-corrected chi connectivity index (χ4v) is 3.06. The summed E-state index contributed by atoms with van der Waals surface area (Å²) in [6, 6.07) is 6.82. The molecule has 23 heavy (non-hydrogen) atoms. The second kappa shape index (κ2) is 7.09. The van der Waals surface area contributed by atoms with Crippen molar-refractivity contribution in [2.24, 2.45) is 5.73 Å². The number of rotatable bonds is 6. The predicted molar refractivity (Wildman–Crippen MR) is 90.2 cm³/mol. The van der Waals surface area contributed by atoms with E-state index in [1.54, 1.807) is 29.6 Å². The second-order valence-corrected chi connectivity index (χ2v) is 6.85. The molecule has 1 unspecified atom stereocenters. The number of nitrogens with zero attached hydrogens (tertiary/aromatic N) is 1. The van der Waals surface area contributed by atoms with E-state index in [-0.39, 0.29) is 17.6 Å². The van der Waals surface area contributed by atoms with Crippen molar-refractivity contribution < 1.29 is 15.7 Å². The molecule has 0 aliphatic heterocycles. The van der Waals surface area contributed by atoms with Gasteiger partial charge in [0.05, 0.1) is 8.76 Å². The molecule has 9 heteroatoms. The highest BCUT2D eigenvalue weighted by Gasteiger charge is 2.35. The third-order valence-electron chi connectivity index (χ3n) is 2.89. The Balaban J connectivity index is 2.76. The smallest absolute Gasteiger partial charge is 0.336 e. The average molecular weight is 355 g/mol. The SMILES string of the molecule is [2H]c1ccccc1C([2H])([C](NC(=N)N)c1cccs1)N(C)S(=O)(=O)O. The number of hydrogen-bond donors (Lipinski definition) is 4. The van der Waals surface area contributed by atoms with Gasteiger partial charge in [0.15, 0.2) is 5.96 Å². The zero-order valence-electron chi connectivity index (χ0n) is 14.1. The number of benzene rings is 1. The molecule has 0 saturated carbocycles. The fraction of sp³-hybridized carbons (Fsp3) is 0.143. The summed E-state index contributed by atoms with van der Waals surface area (Å²) in [5, 5.41) is 11.7. The molecule has 0 spiro atoms.